The molecule has 1 nitrogen and oxygen atoms in total. The lowest BCUT2D eigenvalue weighted by molar-refractivity contribution is 0.126. The van der Waals surface area contributed by atoms with Gasteiger partial charge in [0.2, 0.25) is 0 Å². The van der Waals surface area contributed by atoms with E-state index >= 15 is 0 Å². The monoisotopic (exact) mass is 538 g/mol. The molecule has 0 atom stereocenters. The number of hydrogen-bond donors (Lipinski definition) is 0. The minimum Gasteiger partial charge on any atom is -0.381 e. The highest BCUT2D eigenvalue weighted by atomic mass is 79.9. The Balaban J connectivity index is 1.49. The molecule has 0 bridgehead atoms. The van der Waals surface area contributed by atoms with Crippen molar-refractivity contribution in [3.05, 3.63) is 67.6 Å². The third-order valence-corrected chi connectivity index (χ3v) is 5.92. The van der Waals surface area contributed by atoms with Gasteiger partial charge in [0.25, 0.3) is 0 Å². The van der Waals surface area contributed by atoms with Gasteiger partial charge in [0, 0.05) is 13.2 Å². The maximum atomic E-state index is 13.7. The average molecular weight is 540 g/mol. The summed E-state index contributed by atoms with van der Waals surface area (Å²) in [6.45, 7) is 1.26. The zero-order valence-corrected chi connectivity index (χ0v) is 19.2. The molecule has 0 saturated heterocycles. The van der Waals surface area contributed by atoms with Crippen molar-refractivity contribution >= 4 is 31.9 Å². The van der Waals surface area contributed by atoms with E-state index in [0.717, 1.165) is 38.5 Å². The number of benzene rings is 2. The van der Waals surface area contributed by atoms with Crippen molar-refractivity contribution in [3.8, 4) is 0 Å². The molecule has 2 aromatic carbocycles. The van der Waals surface area contributed by atoms with Crippen LogP contribution in [0.1, 0.15) is 49.7 Å². The summed E-state index contributed by atoms with van der Waals surface area (Å²) in [5.41, 5.74) is 0.794. The highest BCUT2D eigenvalue weighted by molar-refractivity contribution is 9.10. The van der Waals surface area contributed by atoms with E-state index in [2.05, 4.69) is 31.9 Å². The third-order valence-electron chi connectivity index (χ3n) is 4.70. The van der Waals surface area contributed by atoms with Gasteiger partial charge in [-0.3, -0.25) is 0 Å². The molecule has 0 fully saturated rings. The molecule has 2 aromatic rings. The predicted octanol–water partition coefficient (Wildman–Crippen LogP) is 7.91. The predicted molar refractivity (Wildman–Crippen MR) is 114 cm³/mol. The number of aryl methyl sites for hydroxylation is 2. The Bertz CT molecular complexity index is 733. The number of hydrogen-bond acceptors (Lipinski definition) is 1. The Hall–Kier alpha value is -0.920. The van der Waals surface area contributed by atoms with E-state index in [0.29, 0.717) is 37.2 Å². The summed E-state index contributed by atoms with van der Waals surface area (Å²) in [5, 5.41) is 0. The van der Waals surface area contributed by atoms with Crippen LogP contribution in [0, 0.1) is 23.3 Å². The number of halogens is 6. The van der Waals surface area contributed by atoms with E-state index in [-0.39, 0.29) is 8.95 Å². The van der Waals surface area contributed by atoms with Crippen LogP contribution in [0.5, 0.6) is 0 Å². The second-order valence-corrected chi connectivity index (χ2v) is 8.61. The smallest absolute Gasteiger partial charge is 0.173 e. The van der Waals surface area contributed by atoms with Crippen molar-refractivity contribution in [2.75, 3.05) is 13.2 Å². The highest BCUT2D eigenvalue weighted by Crippen LogP contribution is 2.23. The van der Waals surface area contributed by atoms with Crippen LogP contribution in [-0.2, 0) is 17.6 Å². The Morgan fingerprint density at radius 2 is 0.966 bits per heavy atom. The summed E-state index contributed by atoms with van der Waals surface area (Å²) in [7, 11) is 0. The topological polar surface area (TPSA) is 9.23 Å². The van der Waals surface area contributed by atoms with E-state index in [1.54, 1.807) is 12.1 Å². The lowest BCUT2D eigenvalue weighted by atomic mass is 10.1. The van der Waals surface area contributed by atoms with Gasteiger partial charge in [-0.1, -0.05) is 25.0 Å². The largest absolute Gasteiger partial charge is 0.381 e. The minimum absolute atomic E-state index is 0.140. The highest BCUT2D eigenvalue weighted by Gasteiger charge is 2.12. The zero-order chi connectivity index (χ0) is 21.2. The van der Waals surface area contributed by atoms with E-state index < -0.39 is 23.3 Å². The second kappa shape index (κ2) is 12.7. The summed E-state index contributed by atoms with van der Waals surface area (Å²) in [5.74, 6) is -3.22. The molecular formula is C22H24Br2F4O. The Morgan fingerprint density at radius 1 is 0.552 bits per heavy atom. The fourth-order valence-electron chi connectivity index (χ4n) is 3.01. The first kappa shape index (κ1) is 24.4. The molecule has 0 aliphatic rings. The van der Waals surface area contributed by atoms with E-state index in [9.17, 15) is 17.6 Å². The lowest BCUT2D eigenvalue weighted by Gasteiger charge is -2.07. The quantitative estimate of drug-likeness (QED) is 0.151. The molecule has 2 rings (SSSR count). The van der Waals surface area contributed by atoms with Gasteiger partial charge in [0.1, 0.15) is 0 Å². The molecule has 0 unspecified atom stereocenters. The van der Waals surface area contributed by atoms with Crippen molar-refractivity contribution in [2.45, 2.75) is 51.4 Å². The normalized spacial score (nSPS) is 11.2. The molecule has 0 spiro atoms. The summed E-state index contributed by atoms with van der Waals surface area (Å²) >= 11 is 5.94. The molecule has 0 aliphatic carbocycles. The first-order valence-electron chi connectivity index (χ1n) is 9.74. The molecule has 0 aromatic heterocycles. The van der Waals surface area contributed by atoms with Crippen molar-refractivity contribution < 1.29 is 22.3 Å². The standard InChI is InChI=1S/C22H24Br2F4O/c23-17-11-9-15(19(25)21(17)27)7-3-1-5-13-29-14-6-2-4-8-16-10-12-18(24)22(28)20(16)26/h9-12H,1-8,13-14H2. The summed E-state index contributed by atoms with van der Waals surface area (Å²) in [6.07, 6.45) is 6.05. The van der Waals surface area contributed by atoms with Crippen LogP contribution < -0.4 is 0 Å². The van der Waals surface area contributed by atoms with Crippen molar-refractivity contribution in [1.29, 1.82) is 0 Å². The molecule has 160 valence electrons. The fraction of sp³-hybridized carbons (Fsp3) is 0.455. The minimum atomic E-state index is -0.834. The fourth-order valence-corrected chi connectivity index (χ4v) is 3.63. The number of unbranched alkanes of at least 4 members (excludes halogenated alkanes) is 4. The molecule has 0 radical (unpaired) electrons. The summed E-state index contributed by atoms with van der Waals surface area (Å²) in [4.78, 5) is 0. The van der Waals surface area contributed by atoms with Crippen molar-refractivity contribution in [1.82, 2.24) is 0 Å². The third kappa shape index (κ3) is 7.68. The van der Waals surface area contributed by atoms with E-state index in [1.807, 2.05) is 0 Å². The van der Waals surface area contributed by atoms with Gasteiger partial charge in [0.05, 0.1) is 8.95 Å². The molecule has 0 aliphatic heterocycles. The number of ether oxygens (including phenoxy) is 1. The zero-order valence-electron chi connectivity index (χ0n) is 16.1. The first-order chi connectivity index (χ1) is 13.9. The second-order valence-electron chi connectivity index (χ2n) is 6.90. The Morgan fingerprint density at radius 3 is 1.38 bits per heavy atom. The van der Waals surface area contributed by atoms with Gasteiger partial charge in [0.15, 0.2) is 23.3 Å². The van der Waals surface area contributed by atoms with Gasteiger partial charge in [-0.2, -0.15) is 0 Å². The van der Waals surface area contributed by atoms with Gasteiger partial charge in [-0.25, -0.2) is 17.6 Å². The van der Waals surface area contributed by atoms with Crippen LogP contribution in [-0.4, -0.2) is 13.2 Å². The SMILES string of the molecule is Fc1c(Br)ccc(CCCCCOCCCCCc2ccc(Br)c(F)c2F)c1F. The van der Waals surface area contributed by atoms with Gasteiger partial charge in [-0.15, -0.1) is 0 Å². The molecule has 7 heteroatoms. The molecule has 0 N–H and O–H groups in total. The molecular weight excluding hydrogens is 516 g/mol. The van der Waals surface area contributed by atoms with Gasteiger partial charge < -0.3 is 4.74 Å². The van der Waals surface area contributed by atoms with Crippen LogP contribution in [0.3, 0.4) is 0 Å². The summed E-state index contributed by atoms with van der Waals surface area (Å²) in [6, 6.07) is 6.26. The molecule has 0 heterocycles. The lowest BCUT2D eigenvalue weighted by Crippen LogP contribution is -2.00. The van der Waals surface area contributed by atoms with Gasteiger partial charge in [-0.05, 0) is 93.6 Å². The van der Waals surface area contributed by atoms with Gasteiger partial charge >= 0.3 is 0 Å². The van der Waals surface area contributed by atoms with Crippen LogP contribution in [0.4, 0.5) is 17.6 Å². The Kier molecular flexibility index (Phi) is 10.7. The summed E-state index contributed by atoms with van der Waals surface area (Å²) < 4.78 is 60.3. The number of rotatable bonds is 12. The van der Waals surface area contributed by atoms with E-state index in [4.69, 9.17) is 4.74 Å². The van der Waals surface area contributed by atoms with Crippen LogP contribution in [0.25, 0.3) is 0 Å². The molecule has 29 heavy (non-hydrogen) atoms. The molecule has 0 saturated carbocycles. The maximum Gasteiger partial charge on any atom is 0.173 e. The van der Waals surface area contributed by atoms with Crippen LogP contribution >= 0.6 is 31.9 Å². The van der Waals surface area contributed by atoms with Crippen LogP contribution in [0.2, 0.25) is 0 Å². The average Bonchev–Trinajstić information content (AvgIpc) is 2.71. The Labute approximate surface area is 186 Å². The molecule has 0 amide bonds. The van der Waals surface area contributed by atoms with Crippen molar-refractivity contribution in [2.24, 2.45) is 0 Å². The maximum absolute atomic E-state index is 13.7. The first-order valence-corrected chi connectivity index (χ1v) is 11.3. The van der Waals surface area contributed by atoms with Crippen molar-refractivity contribution in [3.63, 3.8) is 0 Å². The van der Waals surface area contributed by atoms with Crippen LogP contribution in [0.15, 0.2) is 33.2 Å². The van der Waals surface area contributed by atoms with E-state index in [1.165, 1.54) is 12.1 Å².